The average Bonchev–Trinajstić information content (AvgIpc) is 2.90. The molecule has 8 heteroatoms. The summed E-state index contributed by atoms with van der Waals surface area (Å²) in [6.45, 7) is 1.77. The van der Waals surface area contributed by atoms with Crippen molar-refractivity contribution in [2.24, 2.45) is 16.9 Å². The van der Waals surface area contributed by atoms with Gasteiger partial charge in [-0.25, -0.2) is 0 Å². The summed E-state index contributed by atoms with van der Waals surface area (Å²) in [5.74, 6) is -2.12. The maximum Gasteiger partial charge on any atom is 0.439 e. The van der Waals surface area contributed by atoms with Gasteiger partial charge in [0.2, 0.25) is 0 Å². The van der Waals surface area contributed by atoms with E-state index in [9.17, 15) is 23.1 Å². The van der Waals surface area contributed by atoms with Gasteiger partial charge in [0.1, 0.15) is 5.75 Å². The van der Waals surface area contributed by atoms with E-state index in [0.717, 1.165) is 0 Å². The third-order valence-electron chi connectivity index (χ3n) is 4.94. The molecule has 3 rings (SSSR count). The summed E-state index contributed by atoms with van der Waals surface area (Å²) in [5, 5.41) is 14.7. The van der Waals surface area contributed by atoms with Crippen molar-refractivity contribution in [2.75, 3.05) is 7.11 Å². The lowest BCUT2D eigenvalue weighted by Crippen LogP contribution is -2.61. The number of amides is 1. The Morgan fingerprint density at radius 3 is 2.76 bits per heavy atom. The molecule has 1 aliphatic heterocycles. The Morgan fingerprint density at radius 2 is 2.12 bits per heavy atom. The molecule has 1 fully saturated rings. The summed E-state index contributed by atoms with van der Waals surface area (Å²) >= 11 is 0. The molecule has 1 aromatic carbocycles. The number of aliphatic hydroxyl groups is 1. The van der Waals surface area contributed by atoms with Crippen LogP contribution in [0.3, 0.4) is 0 Å². The van der Waals surface area contributed by atoms with E-state index < -0.39 is 23.7 Å². The zero-order valence-electron chi connectivity index (χ0n) is 13.9. The Morgan fingerprint density at radius 1 is 1.40 bits per heavy atom. The van der Waals surface area contributed by atoms with Crippen molar-refractivity contribution in [3.63, 3.8) is 0 Å². The van der Waals surface area contributed by atoms with Crippen LogP contribution in [-0.2, 0) is 0 Å². The number of hydrogen-bond donors (Lipinski definition) is 1. The number of fused-ring (bicyclic) bond motifs is 1. The summed E-state index contributed by atoms with van der Waals surface area (Å²) in [6, 6.07) is 5.76. The van der Waals surface area contributed by atoms with E-state index >= 15 is 0 Å². The average molecular weight is 356 g/mol. The molecule has 1 aliphatic carbocycles. The first-order valence-electron chi connectivity index (χ1n) is 8.06. The van der Waals surface area contributed by atoms with Gasteiger partial charge in [-0.3, -0.25) is 4.79 Å². The molecule has 1 aromatic rings. The topological polar surface area (TPSA) is 62.1 Å². The fourth-order valence-electron chi connectivity index (χ4n) is 3.58. The van der Waals surface area contributed by atoms with Crippen LogP contribution in [0.5, 0.6) is 5.75 Å². The van der Waals surface area contributed by atoms with Crippen LogP contribution >= 0.6 is 0 Å². The molecule has 1 amide bonds. The van der Waals surface area contributed by atoms with Crippen LogP contribution in [0, 0.1) is 11.8 Å². The number of hydrazone groups is 1. The highest BCUT2D eigenvalue weighted by atomic mass is 19.4. The van der Waals surface area contributed by atoms with Crippen molar-refractivity contribution >= 4 is 11.6 Å². The monoisotopic (exact) mass is 356 g/mol. The van der Waals surface area contributed by atoms with E-state index in [4.69, 9.17) is 4.74 Å². The second-order valence-corrected chi connectivity index (χ2v) is 6.48. The van der Waals surface area contributed by atoms with Crippen molar-refractivity contribution in [1.29, 1.82) is 0 Å². The molecule has 1 saturated carbocycles. The number of ether oxygens (including phenoxy) is 1. The molecule has 2 aliphatic rings. The van der Waals surface area contributed by atoms with Gasteiger partial charge in [0.05, 0.1) is 13.0 Å². The van der Waals surface area contributed by atoms with Gasteiger partial charge in [-0.05, 0) is 37.0 Å². The van der Waals surface area contributed by atoms with Crippen molar-refractivity contribution in [3.05, 3.63) is 29.8 Å². The normalized spacial score (nSPS) is 29.2. The fraction of sp³-hybridized carbons (Fsp3) is 0.529. The van der Waals surface area contributed by atoms with Crippen LogP contribution in [0.2, 0.25) is 0 Å². The van der Waals surface area contributed by atoms with Gasteiger partial charge in [-0.2, -0.15) is 23.3 Å². The van der Waals surface area contributed by atoms with Gasteiger partial charge in [-0.1, -0.05) is 19.4 Å². The Balaban J connectivity index is 2.06. The molecule has 136 valence electrons. The molecular formula is C17H19F3N2O3. The smallest absolute Gasteiger partial charge is 0.439 e. The van der Waals surface area contributed by atoms with Gasteiger partial charge >= 0.3 is 6.18 Å². The number of nitrogens with zero attached hydrogens (tertiary/aromatic N) is 2. The number of rotatable bonds is 2. The van der Waals surface area contributed by atoms with Crippen LogP contribution in [0.1, 0.15) is 36.5 Å². The van der Waals surface area contributed by atoms with Crippen LogP contribution < -0.4 is 4.74 Å². The maximum absolute atomic E-state index is 13.8. The molecule has 0 spiro atoms. The fourth-order valence-corrected chi connectivity index (χ4v) is 3.58. The molecule has 0 unspecified atom stereocenters. The Kier molecular flexibility index (Phi) is 4.26. The standard InChI is InChI=1S/C17H19F3N2O3/c1-10-5-3-8-13-14(10)21-22(16(13,24)17(18,19)20)15(23)11-6-4-7-12(9-11)25-2/h4,6-7,9-10,13,24H,3,5,8H2,1-2H3/t10-,13+,16-/m1/s1. The number of hydrogen-bond acceptors (Lipinski definition) is 4. The van der Waals surface area contributed by atoms with E-state index in [1.54, 1.807) is 13.0 Å². The summed E-state index contributed by atoms with van der Waals surface area (Å²) in [4.78, 5) is 12.7. The van der Waals surface area contributed by atoms with E-state index in [1.165, 1.54) is 25.3 Å². The van der Waals surface area contributed by atoms with Crippen molar-refractivity contribution < 1.29 is 27.8 Å². The number of benzene rings is 1. The van der Waals surface area contributed by atoms with Gasteiger partial charge in [0.15, 0.2) is 0 Å². The van der Waals surface area contributed by atoms with Gasteiger partial charge in [-0.15, -0.1) is 0 Å². The van der Waals surface area contributed by atoms with Crippen molar-refractivity contribution in [2.45, 2.75) is 38.1 Å². The lowest BCUT2D eigenvalue weighted by Gasteiger charge is -2.39. The maximum atomic E-state index is 13.8. The summed E-state index contributed by atoms with van der Waals surface area (Å²) in [7, 11) is 1.39. The first kappa shape index (κ1) is 17.7. The van der Waals surface area contributed by atoms with E-state index in [-0.39, 0.29) is 28.6 Å². The predicted molar refractivity (Wildman–Crippen MR) is 84.1 cm³/mol. The lowest BCUT2D eigenvalue weighted by molar-refractivity contribution is -0.312. The number of methoxy groups -OCH3 is 1. The van der Waals surface area contributed by atoms with Gasteiger partial charge in [0.25, 0.3) is 11.6 Å². The summed E-state index contributed by atoms with van der Waals surface area (Å²) < 4.78 is 46.3. The van der Waals surface area contributed by atoms with Crippen LogP contribution in [0.25, 0.3) is 0 Å². The Labute approximate surface area is 143 Å². The first-order chi connectivity index (χ1) is 11.7. The largest absolute Gasteiger partial charge is 0.497 e. The molecule has 1 N–H and O–H groups in total. The summed E-state index contributed by atoms with van der Waals surface area (Å²) in [5.41, 5.74) is -3.11. The molecular weight excluding hydrogens is 337 g/mol. The first-order valence-corrected chi connectivity index (χ1v) is 8.06. The van der Waals surface area contributed by atoms with Crippen molar-refractivity contribution in [3.8, 4) is 5.75 Å². The Bertz CT molecular complexity index is 719. The second-order valence-electron chi connectivity index (χ2n) is 6.48. The highest BCUT2D eigenvalue weighted by Gasteiger charge is 2.69. The zero-order valence-corrected chi connectivity index (χ0v) is 13.9. The zero-order chi connectivity index (χ0) is 18.4. The number of carbonyl (C=O) groups excluding carboxylic acids is 1. The molecule has 25 heavy (non-hydrogen) atoms. The number of alkyl halides is 3. The third kappa shape index (κ3) is 2.68. The van der Waals surface area contributed by atoms with Gasteiger partial charge in [0, 0.05) is 11.3 Å². The molecule has 0 aromatic heterocycles. The second kappa shape index (κ2) is 6.01. The third-order valence-corrected chi connectivity index (χ3v) is 4.94. The highest BCUT2D eigenvalue weighted by molar-refractivity contribution is 6.00. The van der Waals surface area contributed by atoms with Crippen LogP contribution in [0.4, 0.5) is 13.2 Å². The van der Waals surface area contributed by atoms with Crippen molar-refractivity contribution in [1.82, 2.24) is 5.01 Å². The minimum absolute atomic E-state index is 0.0299. The molecule has 1 heterocycles. The minimum Gasteiger partial charge on any atom is -0.497 e. The van der Waals surface area contributed by atoms with E-state index in [1.807, 2.05) is 0 Å². The SMILES string of the molecule is COc1cccc(C(=O)N2N=C3[C@H](C)CCC[C@@H]3[C@@]2(O)C(F)(F)F)c1. The van der Waals surface area contributed by atoms with E-state index in [2.05, 4.69) is 5.10 Å². The highest BCUT2D eigenvalue weighted by Crippen LogP contribution is 2.49. The number of halogens is 3. The molecule has 0 saturated heterocycles. The van der Waals surface area contributed by atoms with Crippen LogP contribution in [-0.4, -0.2) is 40.7 Å². The Hall–Kier alpha value is -2.09. The molecule has 0 bridgehead atoms. The minimum atomic E-state index is -5.02. The van der Waals surface area contributed by atoms with Gasteiger partial charge < -0.3 is 9.84 Å². The molecule has 0 radical (unpaired) electrons. The molecule has 3 atom stereocenters. The summed E-state index contributed by atoms with van der Waals surface area (Å²) in [6.07, 6.45) is -3.65. The lowest BCUT2D eigenvalue weighted by atomic mass is 9.75. The molecule has 5 nitrogen and oxygen atoms in total. The van der Waals surface area contributed by atoms with E-state index in [0.29, 0.717) is 18.6 Å². The van der Waals surface area contributed by atoms with Crippen LogP contribution in [0.15, 0.2) is 29.4 Å². The quantitative estimate of drug-likeness (QED) is 0.885. The number of carbonyl (C=O) groups is 1. The predicted octanol–water partition coefficient (Wildman–Crippen LogP) is 3.19.